The smallest absolute Gasteiger partial charge is 0.363 e. The largest absolute Gasteiger partial charge is 0.493 e. The lowest BCUT2D eigenvalue weighted by molar-refractivity contribution is -0.132. The van der Waals surface area contributed by atoms with Crippen LogP contribution in [-0.2, 0) is 14.3 Å². The minimum atomic E-state index is -0.543. The Labute approximate surface area is 177 Å². The van der Waals surface area contributed by atoms with E-state index in [2.05, 4.69) is 20.9 Å². The Morgan fingerprint density at radius 2 is 2.04 bits per heavy atom. The highest BCUT2D eigenvalue weighted by atomic mass is 127. The normalized spacial score (nSPS) is 14.7. The highest BCUT2D eigenvalue weighted by Gasteiger charge is 2.25. The third kappa shape index (κ3) is 4.38. The molecule has 1 heterocycles. The van der Waals surface area contributed by atoms with Crippen molar-refractivity contribution in [2.45, 2.75) is 6.92 Å². The van der Waals surface area contributed by atoms with Crippen LogP contribution >= 0.6 is 38.5 Å². The number of hydrogen-bond donors (Lipinski definition) is 0. The van der Waals surface area contributed by atoms with Crippen LogP contribution in [0.4, 0.5) is 0 Å². The first-order valence-corrected chi connectivity index (χ1v) is 9.59. The van der Waals surface area contributed by atoms with E-state index < -0.39 is 11.9 Å². The van der Waals surface area contributed by atoms with Crippen molar-refractivity contribution in [2.24, 2.45) is 4.99 Å². The molecule has 138 valence electrons. The van der Waals surface area contributed by atoms with Crippen LogP contribution in [0.15, 0.2) is 51.6 Å². The minimum Gasteiger partial charge on any atom is -0.493 e. The van der Waals surface area contributed by atoms with Gasteiger partial charge in [0, 0.05) is 11.4 Å². The van der Waals surface area contributed by atoms with E-state index in [4.69, 9.17) is 14.2 Å². The maximum absolute atomic E-state index is 12.2. The van der Waals surface area contributed by atoms with Crippen LogP contribution in [0.3, 0.4) is 0 Å². The van der Waals surface area contributed by atoms with Crippen LogP contribution in [0.5, 0.6) is 11.5 Å². The Kier molecular flexibility index (Phi) is 5.95. The van der Waals surface area contributed by atoms with E-state index in [-0.39, 0.29) is 11.6 Å². The third-order valence-electron chi connectivity index (χ3n) is 3.53. The van der Waals surface area contributed by atoms with Gasteiger partial charge in [-0.2, -0.15) is 0 Å². The lowest BCUT2D eigenvalue weighted by Crippen LogP contribution is -2.06. The van der Waals surface area contributed by atoms with Crippen molar-refractivity contribution in [1.82, 2.24) is 0 Å². The molecular weight excluding hydrogens is 529 g/mol. The summed E-state index contributed by atoms with van der Waals surface area (Å²) in [6.45, 7) is 1.32. The second-order valence-corrected chi connectivity index (χ2v) is 7.46. The van der Waals surface area contributed by atoms with Crippen molar-refractivity contribution >= 4 is 62.4 Å². The summed E-state index contributed by atoms with van der Waals surface area (Å²) in [4.78, 5) is 27.8. The Morgan fingerprint density at radius 3 is 2.70 bits per heavy atom. The van der Waals surface area contributed by atoms with Crippen LogP contribution < -0.4 is 9.47 Å². The maximum Gasteiger partial charge on any atom is 0.363 e. The van der Waals surface area contributed by atoms with Crippen LogP contribution in [0.2, 0.25) is 0 Å². The summed E-state index contributed by atoms with van der Waals surface area (Å²) in [5.41, 5.74) is 1.52. The van der Waals surface area contributed by atoms with Gasteiger partial charge in [0.2, 0.25) is 5.90 Å². The van der Waals surface area contributed by atoms with Gasteiger partial charge in [0.1, 0.15) is 0 Å². The molecule has 2 aromatic rings. The first-order valence-electron chi connectivity index (χ1n) is 7.72. The lowest BCUT2D eigenvalue weighted by Gasteiger charge is -2.11. The molecule has 0 N–H and O–H groups in total. The Balaban J connectivity index is 1.99. The molecule has 0 amide bonds. The summed E-state index contributed by atoms with van der Waals surface area (Å²) in [6.07, 6.45) is 1.59. The molecule has 0 saturated carbocycles. The number of rotatable bonds is 4. The molecule has 6 nitrogen and oxygen atoms in total. The van der Waals surface area contributed by atoms with E-state index in [0.717, 1.165) is 4.47 Å². The number of nitrogens with zero attached hydrogens (tertiary/aromatic N) is 1. The molecule has 0 saturated heterocycles. The second-order valence-electron chi connectivity index (χ2n) is 5.44. The molecule has 0 unspecified atom stereocenters. The number of cyclic esters (lactones) is 1. The number of carbonyl (C=O) groups excluding carboxylic acids is 2. The molecule has 8 heteroatoms. The molecule has 0 bridgehead atoms. The molecule has 0 fully saturated rings. The molecule has 0 radical (unpaired) electrons. The molecular formula is C19H13BrINO5. The number of aliphatic imine (C=N–C) groups is 1. The van der Waals surface area contributed by atoms with E-state index in [0.29, 0.717) is 26.2 Å². The zero-order valence-corrected chi connectivity index (χ0v) is 18.0. The topological polar surface area (TPSA) is 74.2 Å². The van der Waals surface area contributed by atoms with Gasteiger partial charge in [0.15, 0.2) is 17.2 Å². The first-order chi connectivity index (χ1) is 12.9. The van der Waals surface area contributed by atoms with Crippen LogP contribution in [0.25, 0.3) is 6.08 Å². The van der Waals surface area contributed by atoms with Crippen molar-refractivity contribution in [2.75, 3.05) is 7.11 Å². The number of benzene rings is 2. The summed E-state index contributed by atoms with van der Waals surface area (Å²) < 4.78 is 17.2. The van der Waals surface area contributed by atoms with Crippen LogP contribution in [-0.4, -0.2) is 24.9 Å². The van der Waals surface area contributed by atoms with Crippen LogP contribution in [0.1, 0.15) is 18.1 Å². The van der Waals surface area contributed by atoms with Gasteiger partial charge < -0.3 is 14.2 Å². The fourth-order valence-corrected chi connectivity index (χ4v) is 3.57. The molecule has 0 spiro atoms. The van der Waals surface area contributed by atoms with Crippen LogP contribution in [0, 0.1) is 3.57 Å². The molecule has 27 heavy (non-hydrogen) atoms. The fraction of sp³-hybridized carbons (Fsp3) is 0.105. The summed E-state index contributed by atoms with van der Waals surface area (Å²) >= 11 is 5.45. The van der Waals surface area contributed by atoms with Gasteiger partial charge in [-0.25, -0.2) is 9.79 Å². The summed E-state index contributed by atoms with van der Waals surface area (Å²) in [7, 11) is 1.47. The van der Waals surface area contributed by atoms with E-state index in [9.17, 15) is 9.59 Å². The molecule has 0 atom stereocenters. The average Bonchev–Trinajstić information content (AvgIpc) is 2.97. The Morgan fingerprint density at radius 1 is 1.30 bits per heavy atom. The predicted octanol–water partition coefficient (Wildman–Crippen LogP) is 4.33. The predicted molar refractivity (Wildman–Crippen MR) is 112 cm³/mol. The summed E-state index contributed by atoms with van der Waals surface area (Å²) in [6, 6.07) is 10.8. The van der Waals surface area contributed by atoms with Gasteiger partial charge in [-0.1, -0.05) is 12.1 Å². The monoisotopic (exact) mass is 541 g/mol. The van der Waals surface area contributed by atoms with Crippen molar-refractivity contribution < 1.29 is 23.8 Å². The average molecular weight is 542 g/mol. The number of ether oxygens (including phenoxy) is 3. The van der Waals surface area contributed by atoms with Gasteiger partial charge in [-0.05, 0) is 74.4 Å². The zero-order chi connectivity index (χ0) is 19.6. The highest BCUT2D eigenvalue weighted by molar-refractivity contribution is 14.1. The molecule has 1 aliphatic rings. The number of methoxy groups -OCH3 is 1. The van der Waals surface area contributed by atoms with E-state index in [1.165, 1.54) is 14.0 Å². The van der Waals surface area contributed by atoms with Gasteiger partial charge in [0.05, 0.1) is 16.2 Å². The fourth-order valence-electron chi connectivity index (χ4n) is 2.38. The highest BCUT2D eigenvalue weighted by Crippen LogP contribution is 2.35. The number of carbonyl (C=O) groups is 2. The van der Waals surface area contributed by atoms with E-state index in [1.807, 2.05) is 40.8 Å². The van der Waals surface area contributed by atoms with Crippen molar-refractivity contribution in [3.05, 3.63) is 61.3 Å². The minimum absolute atomic E-state index is 0.166. The van der Waals surface area contributed by atoms with E-state index in [1.54, 1.807) is 24.3 Å². The SMILES string of the molecule is COc1cc(/C=C2\N=C(c3ccccc3Br)OC2=O)cc(I)c1OC(C)=O. The first kappa shape index (κ1) is 19.6. The van der Waals surface area contributed by atoms with Crippen molar-refractivity contribution in [3.63, 3.8) is 0 Å². The number of hydrogen-bond acceptors (Lipinski definition) is 6. The molecule has 2 aromatic carbocycles. The third-order valence-corrected chi connectivity index (χ3v) is 5.02. The quantitative estimate of drug-likeness (QED) is 0.249. The number of esters is 2. The molecule has 0 aliphatic carbocycles. The maximum atomic E-state index is 12.2. The van der Waals surface area contributed by atoms with Crippen molar-refractivity contribution in [1.29, 1.82) is 0 Å². The van der Waals surface area contributed by atoms with Gasteiger partial charge in [0.25, 0.3) is 0 Å². The summed E-state index contributed by atoms with van der Waals surface area (Å²) in [5, 5.41) is 0. The van der Waals surface area contributed by atoms with Gasteiger partial charge in [-0.15, -0.1) is 0 Å². The summed E-state index contributed by atoms with van der Waals surface area (Å²) in [5.74, 6) is -0.0421. The molecule has 0 aromatic heterocycles. The second kappa shape index (κ2) is 8.22. The standard InChI is InChI=1S/C19H13BrINO5/c1-10(23)26-17-14(21)7-11(9-16(17)25-2)8-15-19(24)27-18(22-15)12-5-3-4-6-13(12)20/h3-9H,1-2H3/b15-8-. The van der Waals surface area contributed by atoms with E-state index >= 15 is 0 Å². The van der Waals surface area contributed by atoms with Gasteiger partial charge in [-0.3, -0.25) is 4.79 Å². The molecule has 1 aliphatic heterocycles. The molecule has 3 rings (SSSR count). The van der Waals surface area contributed by atoms with Crippen molar-refractivity contribution in [3.8, 4) is 11.5 Å². The Bertz CT molecular complexity index is 1000. The Hall–Kier alpha value is -2.20. The lowest BCUT2D eigenvalue weighted by atomic mass is 10.1. The number of halogens is 2. The van der Waals surface area contributed by atoms with Gasteiger partial charge >= 0.3 is 11.9 Å². The zero-order valence-electron chi connectivity index (χ0n) is 14.3.